The average molecular weight is 160 g/mol. The van der Waals surface area contributed by atoms with E-state index in [0.717, 1.165) is 4.90 Å². The van der Waals surface area contributed by atoms with Crippen molar-refractivity contribution in [3.8, 4) is 12.4 Å². The molecule has 0 atom stereocenters. The monoisotopic (exact) mass is 160 g/mol. The number of rotatable bonds is 3. The first-order valence-electron chi connectivity index (χ1n) is 3.20. The van der Waals surface area contributed by atoms with Crippen LogP contribution in [0.15, 0.2) is 29.5 Å². The molecular weight excluding hydrogens is 152 g/mol. The predicted molar refractivity (Wildman–Crippen MR) is 45.5 cm³/mol. The molecule has 60 valence electrons. The first kappa shape index (κ1) is 9.93. The topological polar surface area (TPSA) is 63.2 Å². The van der Waals surface area contributed by atoms with Crippen LogP contribution in [0.2, 0.25) is 0 Å². The number of hydrogen-bond donors (Lipinski definition) is 0. The Morgan fingerprint density at radius 2 is 2.08 bits per heavy atom. The molecule has 0 aliphatic carbocycles. The normalized spacial score (nSPS) is 9.58. The van der Waals surface area contributed by atoms with Gasteiger partial charge in [0.25, 0.3) is 0 Å². The highest BCUT2D eigenvalue weighted by Gasteiger charge is 2.00. The van der Waals surface area contributed by atoms with Gasteiger partial charge in [-0.1, -0.05) is 12.7 Å². The van der Waals surface area contributed by atoms with E-state index in [0.29, 0.717) is 0 Å². The SMILES string of the molecule is C=C(/N=C/C=C/C)N(C#N)C#N. The third kappa shape index (κ3) is 3.19. The Hall–Kier alpha value is -2.07. The largest absolute Gasteiger partial charge is 0.238 e. The molecule has 0 N–H and O–H groups in total. The van der Waals surface area contributed by atoms with Gasteiger partial charge in [0.2, 0.25) is 0 Å². The third-order valence-corrected chi connectivity index (χ3v) is 0.960. The molecule has 0 fully saturated rings. The van der Waals surface area contributed by atoms with Gasteiger partial charge in [0.1, 0.15) is 5.82 Å². The summed E-state index contributed by atoms with van der Waals surface area (Å²) >= 11 is 0. The lowest BCUT2D eigenvalue weighted by molar-refractivity contribution is 0.667. The molecule has 4 heteroatoms. The maximum atomic E-state index is 8.35. The van der Waals surface area contributed by atoms with Gasteiger partial charge < -0.3 is 0 Å². The van der Waals surface area contributed by atoms with E-state index in [1.165, 1.54) is 6.21 Å². The maximum absolute atomic E-state index is 8.35. The number of allylic oxidation sites excluding steroid dienone is 2. The minimum atomic E-state index is 0.109. The molecule has 12 heavy (non-hydrogen) atoms. The fourth-order valence-electron chi connectivity index (χ4n) is 0.411. The van der Waals surface area contributed by atoms with Gasteiger partial charge in [0, 0.05) is 6.21 Å². The van der Waals surface area contributed by atoms with Gasteiger partial charge in [0.15, 0.2) is 12.4 Å². The molecule has 0 unspecified atom stereocenters. The van der Waals surface area contributed by atoms with Crippen molar-refractivity contribution in [2.24, 2.45) is 4.99 Å². The van der Waals surface area contributed by atoms with Gasteiger partial charge >= 0.3 is 0 Å². The molecule has 0 saturated carbocycles. The summed E-state index contributed by atoms with van der Waals surface area (Å²) in [5, 5.41) is 16.7. The highest BCUT2D eigenvalue weighted by Crippen LogP contribution is 1.97. The van der Waals surface area contributed by atoms with Crippen LogP contribution in [0.4, 0.5) is 0 Å². The summed E-state index contributed by atoms with van der Waals surface area (Å²) in [6.45, 7) is 5.25. The van der Waals surface area contributed by atoms with E-state index in [2.05, 4.69) is 11.6 Å². The number of aliphatic imine (C=N–C) groups is 1. The van der Waals surface area contributed by atoms with E-state index in [1.54, 1.807) is 24.5 Å². The van der Waals surface area contributed by atoms with Crippen LogP contribution in [0.1, 0.15) is 6.92 Å². The Kier molecular flexibility index (Phi) is 4.71. The summed E-state index contributed by atoms with van der Waals surface area (Å²) in [6.07, 6.45) is 8.15. The zero-order valence-electron chi connectivity index (χ0n) is 6.73. The Balaban J connectivity index is 4.25. The van der Waals surface area contributed by atoms with Gasteiger partial charge in [-0.05, 0) is 13.0 Å². The number of nitrogens with zero attached hydrogens (tertiary/aromatic N) is 4. The van der Waals surface area contributed by atoms with Crippen LogP contribution < -0.4 is 0 Å². The zero-order chi connectivity index (χ0) is 9.40. The quantitative estimate of drug-likeness (QED) is 0.356. The maximum Gasteiger partial charge on any atom is 0.200 e. The smallest absolute Gasteiger partial charge is 0.200 e. The molecule has 0 aliphatic heterocycles. The lowest BCUT2D eigenvalue weighted by atomic mass is 10.5. The van der Waals surface area contributed by atoms with Crippen molar-refractivity contribution < 1.29 is 0 Å². The van der Waals surface area contributed by atoms with Crippen molar-refractivity contribution in [3.63, 3.8) is 0 Å². The van der Waals surface area contributed by atoms with E-state index in [4.69, 9.17) is 10.5 Å². The van der Waals surface area contributed by atoms with Crippen LogP contribution in [0.3, 0.4) is 0 Å². The molecule has 0 radical (unpaired) electrons. The summed E-state index contributed by atoms with van der Waals surface area (Å²) in [5.41, 5.74) is 0. The highest BCUT2D eigenvalue weighted by atomic mass is 15.2. The van der Waals surface area contributed by atoms with E-state index >= 15 is 0 Å². The average Bonchev–Trinajstić information content (AvgIpc) is 2.07. The molecule has 0 bridgehead atoms. The summed E-state index contributed by atoms with van der Waals surface area (Å²) in [5.74, 6) is 0.109. The second-order valence-electron chi connectivity index (χ2n) is 1.76. The first-order chi connectivity index (χ1) is 5.76. The van der Waals surface area contributed by atoms with Crippen molar-refractivity contribution in [1.82, 2.24) is 4.90 Å². The summed E-state index contributed by atoms with van der Waals surface area (Å²) < 4.78 is 0. The Bertz CT molecular complexity index is 273. The number of nitriles is 2. The van der Waals surface area contributed by atoms with Gasteiger partial charge in [0.05, 0.1) is 0 Å². The van der Waals surface area contributed by atoms with Crippen LogP contribution >= 0.6 is 0 Å². The van der Waals surface area contributed by atoms with Crippen molar-refractivity contribution in [2.45, 2.75) is 6.92 Å². The molecule has 0 aromatic carbocycles. The van der Waals surface area contributed by atoms with Gasteiger partial charge in [-0.15, -0.1) is 0 Å². The van der Waals surface area contributed by atoms with Crippen LogP contribution in [0, 0.1) is 22.9 Å². The predicted octanol–water partition coefficient (Wildman–Crippen LogP) is 1.37. The van der Waals surface area contributed by atoms with Crippen LogP contribution in [0.25, 0.3) is 0 Å². The Morgan fingerprint density at radius 3 is 2.50 bits per heavy atom. The van der Waals surface area contributed by atoms with E-state index in [9.17, 15) is 0 Å². The molecule has 0 heterocycles. The molecule has 0 saturated heterocycles. The molecule has 0 aromatic heterocycles. The van der Waals surface area contributed by atoms with Crippen molar-refractivity contribution >= 4 is 6.21 Å². The van der Waals surface area contributed by atoms with E-state index in [1.807, 2.05) is 6.92 Å². The lowest BCUT2D eigenvalue weighted by Gasteiger charge is -2.00. The van der Waals surface area contributed by atoms with Gasteiger partial charge in [-0.25, -0.2) is 4.99 Å². The van der Waals surface area contributed by atoms with Crippen LogP contribution in [-0.2, 0) is 0 Å². The van der Waals surface area contributed by atoms with Crippen LogP contribution in [-0.4, -0.2) is 11.1 Å². The Labute approximate surface area is 71.4 Å². The fraction of sp³-hybridized carbons (Fsp3) is 0.125. The standard InChI is InChI=1S/C8H8N4/c1-3-4-5-11-8(2)12(6-9)7-10/h3-5H,2H2,1H3/b4-3+,11-5+. The van der Waals surface area contributed by atoms with E-state index < -0.39 is 0 Å². The second-order valence-corrected chi connectivity index (χ2v) is 1.76. The van der Waals surface area contributed by atoms with Gasteiger partial charge in [-0.3, -0.25) is 0 Å². The lowest BCUT2D eigenvalue weighted by Crippen LogP contribution is -2.06. The number of hydrogen-bond acceptors (Lipinski definition) is 4. The fourth-order valence-corrected chi connectivity index (χ4v) is 0.411. The third-order valence-electron chi connectivity index (χ3n) is 0.960. The molecule has 0 aliphatic rings. The highest BCUT2D eigenvalue weighted by molar-refractivity contribution is 5.71. The second kappa shape index (κ2) is 5.70. The molecule has 0 aromatic rings. The van der Waals surface area contributed by atoms with Gasteiger partial charge in [-0.2, -0.15) is 15.4 Å². The molecular formula is C8H8N4. The molecule has 4 nitrogen and oxygen atoms in total. The first-order valence-corrected chi connectivity index (χ1v) is 3.20. The summed E-state index contributed by atoms with van der Waals surface area (Å²) in [6, 6.07) is 0. The van der Waals surface area contributed by atoms with E-state index in [-0.39, 0.29) is 5.82 Å². The van der Waals surface area contributed by atoms with Crippen molar-refractivity contribution in [2.75, 3.05) is 0 Å². The molecule has 0 spiro atoms. The summed E-state index contributed by atoms with van der Waals surface area (Å²) in [7, 11) is 0. The molecule has 0 amide bonds. The molecule has 0 rings (SSSR count). The summed E-state index contributed by atoms with van der Waals surface area (Å²) in [4.78, 5) is 4.45. The van der Waals surface area contributed by atoms with Crippen LogP contribution in [0.5, 0.6) is 0 Å². The minimum absolute atomic E-state index is 0.109. The zero-order valence-corrected chi connectivity index (χ0v) is 6.73. The Morgan fingerprint density at radius 1 is 1.50 bits per heavy atom. The van der Waals surface area contributed by atoms with Crippen molar-refractivity contribution in [3.05, 3.63) is 24.6 Å². The van der Waals surface area contributed by atoms with Crippen molar-refractivity contribution in [1.29, 1.82) is 10.5 Å². The minimum Gasteiger partial charge on any atom is -0.238 e.